The van der Waals surface area contributed by atoms with E-state index >= 15 is 0 Å². The van der Waals surface area contributed by atoms with Crippen molar-refractivity contribution in [1.82, 2.24) is 25.1 Å². The van der Waals surface area contributed by atoms with Crippen molar-refractivity contribution in [1.29, 1.82) is 0 Å². The van der Waals surface area contributed by atoms with E-state index in [1.165, 1.54) is 11.9 Å². The van der Waals surface area contributed by atoms with Crippen LogP contribution in [-0.2, 0) is 20.9 Å². The van der Waals surface area contributed by atoms with Gasteiger partial charge in [0.15, 0.2) is 0 Å². The van der Waals surface area contributed by atoms with Crippen molar-refractivity contribution in [3.63, 3.8) is 0 Å². The summed E-state index contributed by atoms with van der Waals surface area (Å²) in [5.74, 6) is -0.0750. The minimum atomic E-state index is -0.213. The molecule has 0 bridgehead atoms. The highest BCUT2D eigenvalue weighted by molar-refractivity contribution is 6.33. The van der Waals surface area contributed by atoms with Gasteiger partial charge in [0.1, 0.15) is 6.54 Å². The summed E-state index contributed by atoms with van der Waals surface area (Å²) in [5.41, 5.74) is 0.668. The summed E-state index contributed by atoms with van der Waals surface area (Å²) in [4.78, 5) is 26.9. The minimum absolute atomic E-state index is 0.000341. The molecule has 8 nitrogen and oxygen atoms in total. The number of carbonyl (C=O) groups is 2. The number of halogens is 1. The van der Waals surface area contributed by atoms with Gasteiger partial charge < -0.3 is 9.64 Å². The Hall–Kier alpha value is -2.48. The smallest absolute Gasteiger partial charge is 0.308 e. The van der Waals surface area contributed by atoms with E-state index in [9.17, 15) is 9.59 Å². The first-order chi connectivity index (χ1) is 12.1. The molecule has 0 unspecified atom stereocenters. The molecule has 1 aromatic carbocycles. The predicted octanol–water partition coefficient (Wildman–Crippen LogP) is 1.41. The lowest BCUT2D eigenvalue weighted by atomic mass is 9.97. The first-order valence-electron chi connectivity index (χ1n) is 7.97. The van der Waals surface area contributed by atoms with Gasteiger partial charge in [-0.1, -0.05) is 23.7 Å². The average molecular weight is 364 g/mol. The van der Waals surface area contributed by atoms with Crippen LogP contribution in [0.3, 0.4) is 0 Å². The molecular weight excluding hydrogens is 346 g/mol. The van der Waals surface area contributed by atoms with Gasteiger partial charge in [-0.25, -0.2) is 0 Å². The van der Waals surface area contributed by atoms with Crippen LogP contribution < -0.4 is 0 Å². The molecule has 0 N–H and O–H groups in total. The molecule has 0 radical (unpaired) electrons. The average Bonchev–Trinajstić information content (AvgIpc) is 3.09. The van der Waals surface area contributed by atoms with Gasteiger partial charge in [0.25, 0.3) is 0 Å². The van der Waals surface area contributed by atoms with Gasteiger partial charge >= 0.3 is 5.97 Å². The Balaban J connectivity index is 1.59. The fourth-order valence-electron chi connectivity index (χ4n) is 2.81. The highest BCUT2D eigenvalue weighted by Gasteiger charge is 2.28. The van der Waals surface area contributed by atoms with Gasteiger partial charge in [0.2, 0.25) is 11.7 Å². The van der Waals surface area contributed by atoms with Crippen LogP contribution in [0.4, 0.5) is 0 Å². The van der Waals surface area contributed by atoms with Gasteiger partial charge in [-0.3, -0.25) is 9.59 Å². The standard InChI is InChI=1S/C16H18ClN5O3/c1-25-16(24)11-6-8-21(9-7-11)14(23)10-22-19-15(18-20-22)12-4-2-3-5-13(12)17/h2-5,11H,6-10H2,1H3. The molecule has 1 aliphatic heterocycles. The third-order valence-electron chi connectivity index (χ3n) is 4.23. The number of hydrogen-bond donors (Lipinski definition) is 0. The van der Waals surface area contributed by atoms with Gasteiger partial charge in [0, 0.05) is 18.7 Å². The molecule has 1 saturated heterocycles. The first-order valence-corrected chi connectivity index (χ1v) is 8.34. The van der Waals surface area contributed by atoms with Gasteiger partial charge in [-0.15, -0.1) is 10.2 Å². The number of piperidine rings is 1. The molecule has 2 aromatic rings. The Bertz CT molecular complexity index is 771. The third kappa shape index (κ3) is 3.96. The van der Waals surface area contributed by atoms with E-state index < -0.39 is 0 Å². The van der Waals surface area contributed by atoms with Crippen LogP contribution in [0.5, 0.6) is 0 Å². The molecular formula is C16H18ClN5O3. The van der Waals surface area contributed by atoms with E-state index in [1.54, 1.807) is 17.0 Å². The number of esters is 1. The Morgan fingerprint density at radius 2 is 2.00 bits per heavy atom. The molecule has 1 aromatic heterocycles. The number of nitrogens with zero attached hydrogens (tertiary/aromatic N) is 5. The zero-order chi connectivity index (χ0) is 17.8. The molecule has 0 aliphatic carbocycles. The van der Waals surface area contributed by atoms with Gasteiger partial charge in [-0.05, 0) is 30.2 Å². The highest BCUT2D eigenvalue weighted by atomic mass is 35.5. The summed E-state index contributed by atoms with van der Waals surface area (Å²) in [7, 11) is 1.38. The summed E-state index contributed by atoms with van der Waals surface area (Å²) in [5, 5.41) is 12.6. The summed E-state index contributed by atoms with van der Waals surface area (Å²) in [6.07, 6.45) is 1.21. The number of aromatic nitrogens is 4. The summed E-state index contributed by atoms with van der Waals surface area (Å²) in [6, 6.07) is 7.19. The van der Waals surface area contributed by atoms with Gasteiger partial charge in [-0.2, -0.15) is 4.80 Å². The molecule has 3 rings (SSSR count). The van der Waals surface area contributed by atoms with Gasteiger partial charge in [0.05, 0.1) is 18.1 Å². The zero-order valence-electron chi connectivity index (χ0n) is 13.8. The second-order valence-electron chi connectivity index (χ2n) is 5.80. The summed E-state index contributed by atoms with van der Waals surface area (Å²) < 4.78 is 4.75. The maximum atomic E-state index is 12.4. The first kappa shape index (κ1) is 17.3. The number of ether oxygens (including phenoxy) is 1. The number of methoxy groups -OCH3 is 1. The van der Waals surface area contributed by atoms with E-state index in [0.29, 0.717) is 42.3 Å². The molecule has 132 valence electrons. The molecule has 1 fully saturated rings. The van der Waals surface area contributed by atoms with Crippen molar-refractivity contribution in [3.05, 3.63) is 29.3 Å². The fourth-order valence-corrected chi connectivity index (χ4v) is 3.03. The van der Waals surface area contributed by atoms with Crippen LogP contribution in [0.15, 0.2) is 24.3 Å². The maximum absolute atomic E-state index is 12.4. The monoisotopic (exact) mass is 363 g/mol. The van der Waals surface area contributed by atoms with E-state index in [-0.39, 0.29) is 24.3 Å². The Morgan fingerprint density at radius 3 is 2.68 bits per heavy atom. The number of tetrazole rings is 1. The van der Waals surface area contributed by atoms with E-state index in [4.69, 9.17) is 16.3 Å². The Morgan fingerprint density at radius 1 is 1.28 bits per heavy atom. The van der Waals surface area contributed by atoms with Crippen molar-refractivity contribution in [2.75, 3.05) is 20.2 Å². The topological polar surface area (TPSA) is 90.2 Å². The van der Waals surface area contributed by atoms with E-state index in [2.05, 4.69) is 15.4 Å². The number of rotatable bonds is 4. The number of likely N-dealkylation sites (tertiary alicyclic amines) is 1. The van der Waals surface area contributed by atoms with Crippen LogP contribution in [-0.4, -0.2) is 57.2 Å². The second-order valence-corrected chi connectivity index (χ2v) is 6.21. The third-order valence-corrected chi connectivity index (χ3v) is 4.56. The van der Waals surface area contributed by atoms with Crippen LogP contribution >= 0.6 is 11.6 Å². The molecule has 1 amide bonds. The van der Waals surface area contributed by atoms with Crippen molar-refractivity contribution in [3.8, 4) is 11.4 Å². The van der Waals surface area contributed by atoms with Crippen LogP contribution in [0, 0.1) is 5.92 Å². The maximum Gasteiger partial charge on any atom is 0.308 e. The molecule has 0 spiro atoms. The van der Waals surface area contributed by atoms with Crippen molar-refractivity contribution < 1.29 is 14.3 Å². The number of hydrogen-bond acceptors (Lipinski definition) is 6. The molecule has 0 atom stereocenters. The molecule has 1 aliphatic rings. The van der Waals surface area contributed by atoms with E-state index in [0.717, 1.165) is 0 Å². The molecule has 0 saturated carbocycles. The lowest BCUT2D eigenvalue weighted by molar-refractivity contribution is -0.149. The summed E-state index contributed by atoms with van der Waals surface area (Å²) in [6.45, 7) is 1.04. The Labute approximate surface area is 149 Å². The fraction of sp³-hybridized carbons (Fsp3) is 0.438. The van der Waals surface area contributed by atoms with Crippen molar-refractivity contribution in [2.45, 2.75) is 19.4 Å². The van der Waals surface area contributed by atoms with E-state index in [1.807, 2.05) is 12.1 Å². The van der Waals surface area contributed by atoms with Crippen LogP contribution in [0.25, 0.3) is 11.4 Å². The quantitative estimate of drug-likeness (QED) is 0.763. The SMILES string of the molecule is COC(=O)C1CCN(C(=O)Cn2nnc(-c3ccccc3Cl)n2)CC1. The lowest BCUT2D eigenvalue weighted by Crippen LogP contribution is -2.42. The van der Waals surface area contributed by atoms with Crippen LogP contribution in [0.2, 0.25) is 5.02 Å². The molecule has 2 heterocycles. The normalized spacial score (nSPS) is 15.2. The second kappa shape index (κ2) is 7.60. The zero-order valence-corrected chi connectivity index (χ0v) is 14.5. The highest BCUT2D eigenvalue weighted by Crippen LogP contribution is 2.23. The number of amides is 1. The minimum Gasteiger partial charge on any atom is -0.469 e. The van der Waals surface area contributed by atoms with Crippen molar-refractivity contribution in [2.24, 2.45) is 5.92 Å². The number of carbonyl (C=O) groups excluding carboxylic acids is 2. The predicted molar refractivity (Wildman–Crippen MR) is 89.6 cm³/mol. The molecule has 25 heavy (non-hydrogen) atoms. The lowest BCUT2D eigenvalue weighted by Gasteiger charge is -2.30. The van der Waals surface area contributed by atoms with Crippen molar-refractivity contribution >= 4 is 23.5 Å². The Kier molecular flexibility index (Phi) is 5.28. The molecule has 9 heteroatoms. The summed E-state index contributed by atoms with van der Waals surface area (Å²) >= 11 is 6.12. The van der Waals surface area contributed by atoms with Crippen LogP contribution in [0.1, 0.15) is 12.8 Å². The largest absolute Gasteiger partial charge is 0.469 e. The number of benzene rings is 1.